The predicted molar refractivity (Wildman–Crippen MR) is 72.5 cm³/mol. The van der Waals surface area contributed by atoms with Crippen molar-refractivity contribution in [2.24, 2.45) is 5.92 Å². The minimum absolute atomic E-state index is 0.0453. The van der Waals surface area contributed by atoms with E-state index in [-0.39, 0.29) is 5.82 Å². The van der Waals surface area contributed by atoms with Crippen molar-refractivity contribution in [1.29, 1.82) is 0 Å². The zero-order valence-electron chi connectivity index (χ0n) is 11.9. The molecular weight excluding hydrogens is 281 g/mol. The molecular formula is C15H17F3N2O. The highest BCUT2D eigenvalue weighted by atomic mass is 19.4. The summed E-state index contributed by atoms with van der Waals surface area (Å²) in [6.07, 6.45) is -1.40. The lowest BCUT2D eigenvalue weighted by Crippen LogP contribution is -2.04. The Kier molecular flexibility index (Phi) is 4.65. The molecule has 0 unspecified atom stereocenters. The van der Waals surface area contributed by atoms with Crippen molar-refractivity contribution in [2.75, 3.05) is 0 Å². The summed E-state index contributed by atoms with van der Waals surface area (Å²) in [4.78, 5) is 3.36. The van der Waals surface area contributed by atoms with Crippen LogP contribution in [-0.2, 0) is 12.6 Å². The first kappa shape index (κ1) is 15.5. The van der Waals surface area contributed by atoms with Gasteiger partial charge in [0.15, 0.2) is 0 Å². The van der Waals surface area contributed by atoms with Gasteiger partial charge in [-0.25, -0.2) is 0 Å². The Bertz CT molecular complexity index is 573. The number of halogens is 3. The van der Waals surface area contributed by atoms with Gasteiger partial charge in [0.1, 0.15) is 0 Å². The molecule has 0 saturated heterocycles. The Morgan fingerprint density at radius 2 is 1.81 bits per heavy atom. The van der Waals surface area contributed by atoms with Crippen LogP contribution >= 0.6 is 0 Å². The number of aryl methyl sites for hydroxylation is 1. The van der Waals surface area contributed by atoms with Crippen LogP contribution in [0.25, 0.3) is 11.4 Å². The third-order valence-corrected chi connectivity index (χ3v) is 3.13. The van der Waals surface area contributed by atoms with Crippen LogP contribution in [0.15, 0.2) is 28.8 Å². The molecule has 0 spiro atoms. The van der Waals surface area contributed by atoms with E-state index in [1.165, 1.54) is 0 Å². The fourth-order valence-electron chi connectivity index (χ4n) is 1.99. The number of alkyl halides is 3. The summed E-state index contributed by atoms with van der Waals surface area (Å²) in [6.45, 7) is 4.36. The van der Waals surface area contributed by atoms with Gasteiger partial charge in [0.05, 0.1) is 0 Å². The molecule has 1 heterocycles. The van der Waals surface area contributed by atoms with Crippen molar-refractivity contribution in [2.45, 2.75) is 39.3 Å². The highest BCUT2D eigenvalue weighted by Crippen LogP contribution is 2.29. The van der Waals surface area contributed by atoms with Gasteiger partial charge in [-0.3, -0.25) is 0 Å². The average Bonchev–Trinajstić information content (AvgIpc) is 2.88. The molecule has 0 bridgehead atoms. The van der Waals surface area contributed by atoms with Crippen LogP contribution in [0.2, 0.25) is 0 Å². The van der Waals surface area contributed by atoms with Gasteiger partial charge in [-0.05, 0) is 24.3 Å². The Balaban J connectivity index is 2.03. The van der Waals surface area contributed by atoms with E-state index in [1.807, 2.05) is 12.1 Å². The van der Waals surface area contributed by atoms with Gasteiger partial charge in [-0.15, -0.1) is 0 Å². The van der Waals surface area contributed by atoms with Gasteiger partial charge in [0.2, 0.25) is 5.82 Å². The lowest BCUT2D eigenvalue weighted by atomic mass is 10.0. The third-order valence-electron chi connectivity index (χ3n) is 3.13. The Morgan fingerprint density at radius 1 is 1.14 bits per heavy atom. The minimum atomic E-state index is -4.61. The van der Waals surface area contributed by atoms with Crippen LogP contribution in [-0.4, -0.2) is 10.1 Å². The van der Waals surface area contributed by atoms with Crippen molar-refractivity contribution in [3.63, 3.8) is 0 Å². The van der Waals surface area contributed by atoms with Gasteiger partial charge in [-0.2, -0.15) is 18.2 Å². The smallest absolute Gasteiger partial charge is 0.329 e. The number of hydrogen-bond acceptors (Lipinski definition) is 3. The SMILES string of the molecule is CC(C)CCCc1ccc(-c2noc(C(F)(F)F)n2)cc1. The van der Waals surface area contributed by atoms with Gasteiger partial charge in [0, 0.05) is 5.56 Å². The monoisotopic (exact) mass is 298 g/mol. The molecule has 3 nitrogen and oxygen atoms in total. The van der Waals surface area contributed by atoms with Crippen molar-refractivity contribution >= 4 is 0 Å². The highest BCUT2D eigenvalue weighted by Gasteiger charge is 2.38. The predicted octanol–water partition coefficient (Wildman–Crippen LogP) is 4.73. The van der Waals surface area contributed by atoms with Crippen LogP contribution in [0.4, 0.5) is 13.2 Å². The first-order chi connectivity index (χ1) is 9.86. The first-order valence-corrected chi connectivity index (χ1v) is 6.86. The summed E-state index contributed by atoms with van der Waals surface area (Å²) in [5.74, 6) is -0.695. The molecule has 0 aliphatic carbocycles. The second kappa shape index (κ2) is 6.28. The average molecular weight is 298 g/mol. The number of hydrogen-bond donors (Lipinski definition) is 0. The fourth-order valence-corrected chi connectivity index (χ4v) is 1.99. The van der Waals surface area contributed by atoms with E-state index in [9.17, 15) is 13.2 Å². The fraction of sp³-hybridized carbons (Fsp3) is 0.467. The molecule has 0 radical (unpaired) electrons. The van der Waals surface area contributed by atoms with E-state index in [2.05, 4.69) is 28.5 Å². The van der Waals surface area contributed by atoms with Gasteiger partial charge in [0.25, 0.3) is 0 Å². The molecule has 21 heavy (non-hydrogen) atoms. The topological polar surface area (TPSA) is 38.9 Å². The Labute approximate surface area is 121 Å². The minimum Gasteiger partial charge on any atom is -0.329 e. The van der Waals surface area contributed by atoms with E-state index in [0.717, 1.165) is 24.8 Å². The molecule has 0 aliphatic rings. The largest absolute Gasteiger partial charge is 0.471 e. The van der Waals surface area contributed by atoms with E-state index in [4.69, 9.17) is 0 Å². The Hall–Kier alpha value is -1.85. The molecule has 0 saturated carbocycles. The number of aromatic nitrogens is 2. The van der Waals surface area contributed by atoms with Gasteiger partial charge in [-0.1, -0.05) is 49.7 Å². The van der Waals surface area contributed by atoms with Crippen LogP contribution in [0.3, 0.4) is 0 Å². The molecule has 2 rings (SSSR count). The summed E-state index contributed by atoms with van der Waals surface area (Å²) >= 11 is 0. The maximum atomic E-state index is 12.4. The third kappa shape index (κ3) is 4.31. The zero-order valence-corrected chi connectivity index (χ0v) is 11.9. The molecule has 2 aromatic rings. The maximum Gasteiger partial charge on any atom is 0.471 e. The molecule has 0 N–H and O–H groups in total. The van der Waals surface area contributed by atoms with Crippen LogP contribution in [0.5, 0.6) is 0 Å². The number of benzene rings is 1. The summed E-state index contributed by atoms with van der Waals surface area (Å²) in [6, 6.07) is 7.21. The van der Waals surface area contributed by atoms with Crippen molar-refractivity contribution in [3.8, 4) is 11.4 Å². The van der Waals surface area contributed by atoms with Gasteiger partial charge < -0.3 is 4.52 Å². The second-order valence-corrected chi connectivity index (χ2v) is 5.40. The second-order valence-electron chi connectivity index (χ2n) is 5.40. The van der Waals surface area contributed by atoms with E-state index >= 15 is 0 Å². The summed E-state index contributed by atoms with van der Waals surface area (Å²) in [7, 11) is 0. The molecule has 1 aromatic carbocycles. The van der Waals surface area contributed by atoms with E-state index in [0.29, 0.717) is 11.5 Å². The number of rotatable bonds is 5. The highest BCUT2D eigenvalue weighted by molar-refractivity contribution is 5.54. The van der Waals surface area contributed by atoms with Crippen LogP contribution < -0.4 is 0 Å². The molecule has 0 fully saturated rings. The summed E-state index contributed by atoms with van der Waals surface area (Å²) in [5, 5.41) is 3.36. The number of nitrogens with zero attached hydrogens (tertiary/aromatic N) is 2. The summed E-state index contributed by atoms with van der Waals surface area (Å²) < 4.78 is 41.4. The maximum absolute atomic E-state index is 12.4. The zero-order chi connectivity index (χ0) is 15.5. The molecule has 114 valence electrons. The van der Waals surface area contributed by atoms with Gasteiger partial charge >= 0.3 is 12.1 Å². The van der Waals surface area contributed by atoms with Crippen LogP contribution in [0.1, 0.15) is 38.1 Å². The molecule has 0 amide bonds. The normalized spacial score (nSPS) is 12.1. The standard InChI is InChI=1S/C15H17F3N2O/c1-10(2)4-3-5-11-6-8-12(9-7-11)13-19-14(21-20-13)15(16,17)18/h6-10H,3-5H2,1-2H3. The summed E-state index contributed by atoms with van der Waals surface area (Å²) in [5.41, 5.74) is 1.67. The molecule has 6 heteroatoms. The van der Waals surface area contributed by atoms with Crippen molar-refractivity contribution < 1.29 is 17.7 Å². The molecule has 0 atom stereocenters. The van der Waals surface area contributed by atoms with E-state index in [1.54, 1.807) is 12.1 Å². The molecule has 1 aromatic heterocycles. The Morgan fingerprint density at radius 3 is 2.33 bits per heavy atom. The lowest BCUT2D eigenvalue weighted by molar-refractivity contribution is -0.159. The quantitative estimate of drug-likeness (QED) is 0.800. The van der Waals surface area contributed by atoms with E-state index < -0.39 is 12.1 Å². The van der Waals surface area contributed by atoms with Crippen molar-refractivity contribution in [3.05, 3.63) is 35.7 Å². The van der Waals surface area contributed by atoms with Crippen molar-refractivity contribution in [1.82, 2.24) is 10.1 Å². The van der Waals surface area contributed by atoms with Crippen LogP contribution in [0, 0.1) is 5.92 Å². The lowest BCUT2D eigenvalue weighted by Gasteiger charge is -2.05. The first-order valence-electron chi connectivity index (χ1n) is 6.86. The molecule has 0 aliphatic heterocycles.